The van der Waals surface area contributed by atoms with Crippen LogP contribution in [0.3, 0.4) is 0 Å². The Hall–Kier alpha value is -1.46. The second-order valence-corrected chi connectivity index (χ2v) is 3.78. The lowest BCUT2D eigenvalue weighted by Crippen LogP contribution is -2.00. The number of benzene rings is 1. The summed E-state index contributed by atoms with van der Waals surface area (Å²) in [5, 5.41) is 13.7. The van der Waals surface area contributed by atoms with Gasteiger partial charge < -0.3 is 9.84 Å². The van der Waals surface area contributed by atoms with Crippen molar-refractivity contribution in [3.8, 4) is 5.75 Å². The first kappa shape index (κ1) is 10.1. The highest BCUT2D eigenvalue weighted by atomic mass is 32.1. The number of ether oxygens (including phenoxy) is 1. The van der Waals surface area contributed by atoms with Crippen LogP contribution in [-0.4, -0.2) is 21.8 Å². The van der Waals surface area contributed by atoms with Gasteiger partial charge in [-0.1, -0.05) is 22.7 Å². The van der Waals surface area contributed by atoms with Crippen molar-refractivity contribution in [2.24, 2.45) is 0 Å². The fourth-order valence-electron chi connectivity index (χ4n) is 1.34. The van der Waals surface area contributed by atoms with E-state index in [1.54, 1.807) is 13.3 Å². The smallest absolute Gasteiger partial charge is 0.125 e. The molecule has 0 amide bonds. The van der Waals surface area contributed by atoms with Gasteiger partial charge in [-0.05, 0) is 17.6 Å². The monoisotopic (exact) mass is 222 g/mol. The van der Waals surface area contributed by atoms with Gasteiger partial charge >= 0.3 is 0 Å². The quantitative estimate of drug-likeness (QED) is 0.857. The lowest BCUT2D eigenvalue weighted by molar-refractivity contribution is 0.218. The van der Waals surface area contributed by atoms with E-state index in [9.17, 15) is 5.11 Å². The second kappa shape index (κ2) is 4.37. The van der Waals surface area contributed by atoms with Crippen LogP contribution in [0.5, 0.6) is 5.75 Å². The summed E-state index contributed by atoms with van der Waals surface area (Å²) < 4.78 is 8.88. The van der Waals surface area contributed by atoms with Gasteiger partial charge in [0.2, 0.25) is 0 Å². The summed E-state index contributed by atoms with van der Waals surface area (Å²) in [7, 11) is 1.58. The van der Waals surface area contributed by atoms with Crippen molar-refractivity contribution in [3.05, 3.63) is 40.9 Å². The Balaban J connectivity index is 2.37. The van der Waals surface area contributed by atoms with Crippen LogP contribution in [0, 0.1) is 0 Å². The third kappa shape index (κ3) is 1.98. The third-order valence-corrected chi connectivity index (χ3v) is 2.80. The molecule has 4 nitrogen and oxygen atoms in total. The van der Waals surface area contributed by atoms with Crippen molar-refractivity contribution in [3.63, 3.8) is 0 Å². The standard InChI is InChI=1S/C10H10N2O2S/c1-14-8-5-3-2-4-7(8)10(13)9-6-11-12-15-9/h2-6,10,13H,1H3. The highest BCUT2D eigenvalue weighted by Gasteiger charge is 2.16. The maximum absolute atomic E-state index is 10.0. The zero-order valence-corrected chi connectivity index (χ0v) is 8.94. The topological polar surface area (TPSA) is 55.2 Å². The Morgan fingerprint density at radius 3 is 2.87 bits per heavy atom. The van der Waals surface area contributed by atoms with Crippen molar-refractivity contribution in [1.29, 1.82) is 0 Å². The van der Waals surface area contributed by atoms with Gasteiger partial charge in [0.05, 0.1) is 18.2 Å². The Labute approximate surface area is 91.3 Å². The van der Waals surface area contributed by atoms with Gasteiger partial charge in [-0.15, -0.1) is 5.10 Å². The molecule has 0 spiro atoms. The molecule has 1 unspecified atom stereocenters. The van der Waals surface area contributed by atoms with Gasteiger partial charge in [-0.25, -0.2) is 0 Å². The summed E-state index contributed by atoms with van der Waals surface area (Å²) in [6, 6.07) is 7.35. The van der Waals surface area contributed by atoms with Gasteiger partial charge in [0, 0.05) is 5.56 Å². The minimum absolute atomic E-state index is 0.665. The zero-order valence-electron chi connectivity index (χ0n) is 8.12. The van der Waals surface area contributed by atoms with E-state index in [0.717, 1.165) is 5.56 Å². The number of hydrogen-bond donors (Lipinski definition) is 1. The van der Waals surface area contributed by atoms with Crippen LogP contribution in [0.25, 0.3) is 0 Å². The number of aliphatic hydroxyl groups is 1. The molecule has 78 valence electrons. The van der Waals surface area contributed by atoms with E-state index in [1.165, 1.54) is 11.5 Å². The Morgan fingerprint density at radius 1 is 1.40 bits per heavy atom. The van der Waals surface area contributed by atoms with Gasteiger partial charge in [0.1, 0.15) is 11.9 Å². The summed E-state index contributed by atoms with van der Waals surface area (Å²) in [6.07, 6.45) is 0.836. The van der Waals surface area contributed by atoms with Crippen LogP contribution in [-0.2, 0) is 0 Å². The first-order valence-electron chi connectivity index (χ1n) is 4.41. The summed E-state index contributed by atoms with van der Waals surface area (Å²) >= 11 is 1.18. The van der Waals surface area contributed by atoms with Crippen molar-refractivity contribution >= 4 is 11.5 Å². The van der Waals surface area contributed by atoms with Crippen LogP contribution in [0.15, 0.2) is 30.5 Å². The molecule has 1 heterocycles. The average Bonchev–Trinajstić information content (AvgIpc) is 2.81. The summed E-state index contributed by atoms with van der Waals surface area (Å²) in [6.45, 7) is 0. The van der Waals surface area contributed by atoms with Crippen LogP contribution < -0.4 is 4.74 Å². The normalized spacial score (nSPS) is 12.4. The van der Waals surface area contributed by atoms with Crippen LogP contribution in [0.1, 0.15) is 16.5 Å². The van der Waals surface area contributed by atoms with Gasteiger partial charge in [0.25, 0.3) is 0 Å². The highest BCUT2D eigenvalue weighted by Crippen LogP contribution is 2.30. The Morgan fingerprint density at radius 2 is 2.20 bits per heavy atom. The second-order valence-electron chi connectivity index (χ2n) is 2.96. The third-order valence-electron chi connectivity index (χ3n) is 2.08. The maximum atomic E-state index is 10.0. The largest absolute Gasteiger partial charge is 0.496 e. The van der Waals surface area contributed by atoms with Gasteiger partial charge in [-0.2, -0.15) is 0 Å². The van der Waals surface area contributed by atoms with E-state index in [4.69, 9.17) is 4.74 Å². The van der Waals surface area contributed by atoms with E-state index < -0.39 is 6.10 Å². The number of methoxy groups -OCH3 is 1. The van der Waals surface area contributed by atoms with Crippen LogP contribution >= 0.6 is 11.5 Å². The molecule has 0 aliphatic heterocycles. The molecule has 0 radical (unpaired) electrons. The molecule has 1 aromatic heterocycles. The number of para-hydroxylation sites is 1. The molecule has 0 aliphatic rings. The van der Waals surface area contributed by atoms with Crippen molar-refractivity contribution < 1.29 is 9.84 Å². The first-order valence-corrected chi connectivity index (χ1v) is 5.18. The fourth-order valence-corrected chi connectivity index (χ4v) is 1.85. The number of nitrogens with zero attached hydrogens (tertiary/aromatic N) is 2. The number of rotatable bonds is 3. The SMILES string of the molecule is COc1ccccc1C(O)c1cnns1. The van der Waals surface area contributed by atoms with E-state index in [2.05, 4.69) is 9.59 Å². The number of aliphatic hydroxyl groups excluding tert-OH is 1. The Bertz CT molecular complexity index is 431. The summed E-state index contributed by atoms with van der Waals surface area (Å²) in [4.78, 5) is 0.708. The first-order chi connectivity index (χ1) is 7.33. The molecule has 1 atom stereocenters. The maximum Gasteiger partial charge on any atom is 0.125 e. The molecule has 1 aromatic carbocycles. The van der Waals surface area contributed by atoms with Crippen LogP contribution in [0.4, 0.5) is 0 Å². The molecule has 0 aliphatic carbocycles. The molecule has 15 heavy (non-hydrogen) atoms. The predicted molar refractivity (Wildman–Crippen MR) is 57.0 cm³/mol. The molecule has 0 bridgehead atoms. The summed E-state index contributed by atoms with van der Waals surface area (Å²) in [5.41, 5.74) is 0.728. The molecule has 0 fully saturated rings. The molecule has 1 N–H and O–H groups in total. The lowest BCUT2D eigenvalue weighted by atomic mass is 10.1. The van der Waals surface area contributed by atoms with Crippen molar-refractivity contribution in [2.75, 3.05) is 7.11 Å². The van der Waals surface area contributed by atoms with E-state index >= 15 is 0 Å². The van der Waals surface area contributed by atoms with E-state index in [1.807, 2.05) is 24.3 Å². The molecule has 0 saturated carbocycles. The molecule has 2 rings (SSSR count). The van der Waals surface area contributed by atoms with Gasteiger partial charge in [-0.3, -0.25) is 0 Å². The fraction of sp³-hybridized carbons (Fsp3) is 0.200. The zero-order chi connectivity index (χ0) is 10.7. The average molecular weight is 222 g/mol. The Kier molecular flexibility index (Phi) is 2.94. The minimum Gasteiger partial charge on any atom is -0.496 e. The predicted octanol–water partition coefficient (Wildman–Crippen LogP) is 1.63. The summed E-state index contributed by atoms with van der Waals surface area (Å²) in [5.74, 6) is 0.665. The molecule has 2 aromatic rings. The van der Waals surface area contributed by atoms with Gasteiger partial charge in [0.15, 0.2) is 0 Å². The lowest BCUT2D eigenvalue weighted by Gasteiger charge is -2.11. The molecule has 0 saturated heterocycles. The number of aromatic nitrogens is 2. The van der Waals surface area contributed by atoms with Crippen molar-refractivity contribution in [1.82, 2.24) is 9.59 Å². The highest BCUT2D eigenvalue weighted by molar-refractivity contribution is 7.05. The van der Waals surface area contributed by atoms with Crippen LogP contribution in [0.2, 0.25) is 0 Å². The molecule has 5 heteroatoms. The van der Waals surface area contributed by atoms with Crippen molar-refractivity contribution in [2.45, 2.75) is 6.10 Å². The minimum atomic E-state index is -0.721. The van der Waals surface area contributed by atoms with E-state index in [0.29, 0.717) is 10.6 Å². The number of hydrogen-bond acceptors (Lipinski definition) is 5. The molecular formula is C10H10N2O2S. The van der Waals surface area contributed by atoms with E-state index in [-0.39, 0.29) is 0 Å². The molecular weight excluding hydrogens is 212 g/mol.